The average Bonchev–Trinajstić information content (AvgIpc) is 2.58. The van der Waals surface area contributed by atoms with Gasteiger partial charge in [-0.3, -0.25) is 0 Å². The minimum atomic E-state index is -0.331. The van der Waals surface area contributed by atoms with Crippen molar-refractivity contribution >= 4 is 11.4 Å². The van der Waals surface area contributed by atoms with E-state index in [1.54, 1.807) is 0 Å². The molecular weight excluding hydrogens is 312 g/mol. The molecule has 0 fully saturated rings. The van der Waals surface area contributed by atoms with Crippen molar-refractivity contribution in [3.8, 4) is 11.5 Å². The highest BCUT2D eigenvalue weighted by Crippen LogP contribution is 2.25. The average molecular weight is 342 g/mol. The van der Waals surface area contributed by atoms with Crippen LogP contribution in [0.3, 0.4) is 0 Å². The minimum absolute atomic E-state index is 0.331. The van der Waals surface area contributed by atoms with Gasteiger partial charge in [-0.1, -0.05) is 26.2 Å². The molecule has 4 N–H and O–H groups in total. The van der Waals surface area contributed by atoms with Crippen molar-refractivity contribution in [3.63, 3.8) is 0 Å². The molecule has 0 amide bonds. The smallest absolute Gasteiger partial charge is 0.241 e. The zero-order valence-corrected chi connectivity index (χ0v) is 15.5. The largest absolute Gasteiger partial charge is 0.455 e. The zero-order chi connectivity index (χ0) is 18.2. The Morgan fingerprint density at radius 3 is 1.76 bits per heavy atom. The molecule has 0 aliphatic rings. The summed E-state index contributed by atoms with van der Waals surface area (Å²) in [5.41, 5.74) is 15.3. The first-order chi connectivity index (χ1) is 12.0. The Kier molecular flexibility index (Phi) is 6.99. The van der Waals surface area contributed by atoms with Gasteiger partial charge in [-0.05, 0) is 67.8 Å². The van der Waals surface area contributed by atoms with E-state index in [-0.39, 0.29) is 6.29 Å². The van der Waals surface area contributed by atoms with Gasteiger partial charge in [-0.25, -0.2) is 0 Å². The number of nitrogen functional groups attached to an aromatic ring is 2. The van der Waals surface area contributed by atoms with Crippen LogP contribution in [0.2, 0.25) is 0 Å². The molecule has 136 valence electrons. The predicted octanol–water partition coefficient (Wildman–Crippen LogP) is 5.22. The SMILES string of the molecule is CCCCCCC(Oc1ccc(N)c(C)c1)Oc1ccc(N)c(C)c1. The van der Waals surface area contributed by atoms with Gasteiger partial charge < -0.3 is 20.9 Å². The van der Waals surface area contributed by atoms with Crippen LogP contribution in [-0.4, -0.2) is 6.29 Å². The molecule has 0 saturated heterocycles. The molecule has 0 aliphatic carbocycles. The summed E-state index contributed by atoms with van der Waals surface area (Å²) < 4.78 is 12.2. The van der Waals surface area contributed by atoms with Gasteiger partial charge >= 0.3 is 0 Å². The molecule has 0 aliphatic heterocycles. The lowest BCUT2D eigenvalue weighted by Crippen LogP contribution is -2.24. The fourth-order valence-electron chi connectivity index (χ4n) is 2.63. The first-order valence-electron chi connectivity index (χ1n) is 9.05. The van der Waals surface area contributed by atoms with Crippen molar-refractivity contribution < 1.29 is 9.47 Å². The highest BCUT2D eigenvalue weighted by Gasteiger charge is 2.13. The molecule has 4 nitrogen and oxygen atoms in total. The Labute approximate surface area is 151 Å². The van der Waals surface area contributed by atoms with Crippen LogP contribution in [0.4, 0.5) is 11.4 Å². The maximum absolute atomic E-state index is 6.10. The molecule has 0 unspecified atom stereocenters. The number of hydrogen-bond donors (Lipinski definition) is 2. The van der Waals surface area contributed by atoms with E-state index in [1.807, 2.05) is 50.2 Å². The van der Waals surface area contributed by atoms with Gasteiger partial charge in [0, 0.05) is 17.8 Å². The minimum Gasteiger partial charge on any atom is -0.455 e. The quantitative estimate of drug-likeness (QED) is 0.372. The normalized spacial score (nSPS) is 10.9. The predicted molar refractivity (Wildman–Crippen MR) is 105 cm³/mol. The second-order valence-electron chi connectivity index (χ2n) is 6.55. The molecule has 0 aromatic heterocycles. The monoisotopic (exact) mass is 342 g/mol. The first-order valence-corrected chi connectivity index (χ1v) is 9.05. The zero-order valence-electron chi connectivity index (χ0n) is 15.5. The maximum atomic E-state index is 6.10. The van der Waals surface area contributed by atoms with E-state index in [2.05, 4.69) is 6.92 Å². The summed E-state index contributed by atoms with van der Waals surface area (Å²) in [6, 6.07) is 11.4. The number of hydrogen-bond acceptors (Lipinski definition) is 4. The summed E-state index contributed by atoms with van der Waals surface area (Å²) in [5, 5.41) is 0. The number of anilines is 2. The summed E-state index contributed by atoms with van der Waals surface area (Å²) in [7, 11) is 0. The van der Waals surface area contributed by atoms with Crippen molar-refractivity contribution in [2.45, 2.75) is 59.2 Å². The van der Waals surface area contributed by atoms with Crippen LogP contribution >= 0.6 is 0 Å². The lowest BCUT2D eigenvalue weighted by atomic mass is 10.1. The summed E-state index contributed by atoms with van der Waals surface area (Å²) in [4.78, 5) is 0. The summed E-state index contributed by atoms with van der Waals surface area (Å²) >= 11 is 0. The fourth-order valence-corrected chi connectivity index (χ4v) is 2.63. The molecule has 0 saturated carbocycles. The molecular formula is C21H30N2O2. The van der Waals surface area contributed by atoms with Crippen molar-refractivity contribution in [3.05, 3.63) is 47.5 Å². The highest BCUT2D eigenvalue weighted by molar-refractivity contribution is 5.50. The second kappa shape index (κ2) is 9.21. The van der Waals surface area contributed by atoms with E-state index in [0.29, 0.717) is 0 Å². The molecule has 0 atom stereocenters. The van der Waals surface area contributed by atoms with Crippen LogP contribution in [0.15, 0.2) is 36.4 Å². The van der Waals surface area contributed by atoms with E-state index >= 15 is 0 Å². The summed E-state index contributed by atoms with van der Waals surface area (Å²) in [6.07, 6.45) is 5.20. The Hall–Kier alpha value is -2.36. The molecule has 2 aromatic carbocycles. The number of ether oxygens (including phenoxy) is 2. The molecule has 4 heteroatoms. The Morgan fingerprint density at radius 2 is 1.32 bits per heavy atom. The summed E-state index contributed by atoms with van der Waals surface area (Å²) in [6.45, 7) is 6.16. The third-order valence-corrected chi connectivity index (χ3v) is 4.31. The van der Waals surface area contributed by atoms with Gasteiger partial charge in [0.15, 0.2) is 0 Å². The van der Waals surface area contributed by atoms with Crippen molar-refractivity contribution in [2.75, 3.05) is 11.5 Å². The number of unbranched alkanes of at least 4 members (excludes halogenated alkanes) is 3. The number of benzene rings is 2. The Bertz CT molecular complexity index is 632. The van der Waals surface area contributed by atoms with E-state index in [9.17, 15) is 0 Å². The molecule has 0 radical (unpaired) electrons. The number of aryl methyl sites for hydroxylation is 2. The van der Waals surface area contributed by atoms with Gasteiger partial charge in [0.25, 0.3) is 0 Å². The van der Waals surface area contributed by atoms with Crippen molar-refractivity contribution in [1.29, 1.82) is 0 Å². The third kappa shape index (κ3) is 5.89. The first kappa shape index (κ1) is 19.0. The second-order valence-corrected chi connectivity index (χ2v) is 6.55. The standard InChI is InChI=1S/C21H30N2O2/c1-4-5-6-7-8-21(24-17-9-11-19(22)15(2)13-17)25-18-10-12-20(23)16(3)14-18/h9-14,21H,4-8,22-23H2,1-3H3. The van der Waals surface area contributed by atoms with E-state index < -0.39 is 0 Å². The van der Waals surface area contributed by atoms with E-state index in [4.69, 9.17) is 20.9 Å². The Morgan fingerprint density at radius 1 is 0.800 bits per heavy atom. The number of rotatable bonds is 9. The molecule has 0 spiro atoms. The third-order valence-electron chi connectivity index (χ3n) is 4.31. The molecule has 0 bridgehead atoms. The lowest BCUT2D eigenvalue weighted by molar-refractivity contribution is -0.00248. The van der Waals surface area contributed by atoms with Crippen LogP contribution in [0, 0.1) is 13.8 Å². The lowest BCUT2D eigenvalue weighted by Gasteiger charge is -2.21. The maximum Gasteiger partial charge on any atom is 0.241 e. The Balaban J connectivity index is 2.07. The van der Waals surface area contributed by atoms with Gasteiger partial charge in [-0.15, -0.1) is 0 Å². The van der Waals surface area contributed by atoms with Crippen LogP contribution in [0.25, 0.3) is 0 Å². The van der Waals surface area contributed by atoms with Crippen molar-refractivity contribution in [2.24, 2.45) is 0 Å². The van der Waals surface area contributed by atoms with Gasteiger partial charge in [0.1, 0.15) is 11.5 Å². The van der Waals surface area contributed by atoms with E-state index in [0.717, 1.165) is 46.8 Å². The van der Waals surface area contributed by atoms with Gasteiger partial charge in [-0.2, -0.15) is 0 Å². The van der Waals surface area contributed by atoms with Crippen LogP contribution in [0.1, 0.15) is 50.2 Å². The molecule has 25 heavy (non-hydrogen) atoms. The topological polar surface area (TPSA) is 70.5 Å². The summed E-state index contributed by atoms with van der Waals surface area (Å²) in [5.74, 6) is 1.55. The number of nitrogens with two attached hydrogens (primary N) is 2. The van der Waals surface area contributed by atoms with Gasteiger partial charge in [0.2, 0.25) is 6.29 Å². The van der Waals surface area contributed by atoms with E-state index in [1.165, 1.54) is 19.3 Å². The molecule has 2 rings (SSSR count). The van der Waals surface area contributed by atoms with Crippen LogP contribution in [0.5, 0.6) is 11.5 Å². The van der Waals surface area contributed by atoms with Crippen LogP contribution < -0.4 is 20.9 Å². The fraction of sp³-hybridized carbons (Fsp3) is 0.429. The molecule has 2 aromatic rings. The highest BCUT2D eigenvalue weighted by atomic mass is 16.7. The van der Waals surface area contributed by atoms with Gasteiger partial charge in [0.05, 0.1) is 0 Å². The van der Waals surface area contributed by atoms with Crippen molar-refractivity contribution in [1.82, 2.24) is 0 Å². The molecule has 0 heterocycles. The van der Waals surface area contributed by atoms with Crippen LogP contribution in [-0.2, 0) is 0 Å².